The molecule has 2 aromatic heterocycles. The van der Waals surface area contributed by atoms with Crippen molar-refractivity contribution < 1.29 is 84.8 Å². The number of aromatic amines is 2. The van der Waals surface area contributed by atoms with Crippen LogP contribution in [0.3, 0.4) is 0 Å². The molecule has 0 saturated carbocycles. The van der Waals surface area contributed by atoms with Crippen LogP contribution in [0.25, 0.3) is 0 Å². The van der Waals surface area contributed by atoms with Gasteiger partial charge in [0.1, 0.15) is 36.6 Å². The van der Waals surface area contributed by atoms with Gasteiger partial charge in [-0.15, -0.1) is 0 Å². The summed E-state index contributed by atoms with van der Waals surface area (Å²) in [5.41, 5.74) is -3.81. The first-order valence-corrected chi connectivity index (χ1v) is 18.9. The highest BCUT2D eigenvalue weighted by atomic mass is 31.3. The van der Waals surface area contributed by atoms with Crippen LogP contribution in [0.4, 0.5) is 0 Å². The lowest BCUT2D eigenvalue weighted by atomic mass is 10.1. The molecule has 6 N–H and O–H groups in total. The number of nitrogens with one attached hydrogen (secondary N) is 2. The number of rotatable bonds is 14. The highest BCUT2D eigenvalue weighted by molar-refractivity contribution is 7.87. The van der Waals surface area contributed by atoms with Crippen molar-refractivity contribution in [2.45, 2.75) is 49.1 Å². The van der Waals surface area contributed by atoms with Gasteiger partial charge in [-0.25, -0.2) is 13.9 Å². The molecule has 4 heterocycles. The third-order valence-corrected chi connectivity index (χ3v) is 12.3. The van der Waals surface area contributed by atoms with Crippen LogP contribution in [0.15, 0.2) is 43.7 Å². The van der Waals surface area contributed by atoms with E-state index in [1.807, 2.05) is 9.97 Å². The van der Waals surface area contributed by atoms with E-state index in [-0.39, 0.29) is 0 Å². The average Bonchev–Trinajstić information content (AvgIpc) is 3.38. The van der Waals surface area contributed by atoms with E-state index in [1.54, 1.807) is 0 Å². The number of ether oxygens (including phenoxy) is 2. The van der Waals surface area contributed by atoms with Gasteiger partial charge in [-0.2, -0.15) is 0 Å². The molecule has 0 amide bonds. The summed E-state index contributed by atoms with van der Waals surface area (Å²) < 4.78 is 80.0. The molecule has 273 valence electrons. The summed E-state index contributed by atoms with van der Waals surface area (Å²) in [6.07, 6.45) is -12.8. The molecule has 4 unspecified atom stereocenters. The molecule has 12 atom stereocenters. The summed E-state index contributed by atoms with van der Waals surface area (Å²) in [7, 11) is -19.5. The van der Waals surface area contributed by atoms with Gasteiger partial charge in [-0.1, -0.05) is 0 Å². The van der Waals surface area contributed by atoms with Crippen LogP contribution in [0.5, 0.6) is 0 Å². The molecule has 2 aliphatic heterocycles. The van der Waals surface area contributed by atoms with E-state index in [4.69, 9.17) is 17.0 Å². The lowest BCUT2D eigenvalue weighted by molar-refractivity contribution is -0.241. The first-order chi connectivity index (χ1) is 22.5. The number of phosphoric acid groups is 3. The minimum absolute atomic E-state index is 0.625. The van der Waals surface area contributed by atoms with E-state index < -0.39 is 116 Å². The number of hydrogen-bond donors (Lipinski definition) is 6. The Hall–Kier alpha value is -2.22. The van der Waals surface area contributed by atoms with E-state index in [2.05, 4.69) is 22.0 Å². The third kappa shape index (κ3) is 9.98. The van der Waals surface area contributed by atoms with Crippen LogP contribution < -0.4 is 37.2 Å². The number of aliphatic hydroxyl groups is 4. The zero-order valence-corrected chi connectivity index (χ0v) is 27.3. The van der Waals surface area contributed by atoms with Crippen molar-refractivity contribution in [1.29, 1.82) is 0 Å². The SMILES string of the molecule is [B-]P(=O)(OP(=O)([O-])OC[C@H]1O[C@@H](n2ccc(=O)[nH]c2=O)[C@H](O)[C@@H]1O)OP(=O)([O-])OP(=O)([O-])OC[C@H]1O[C@@H](n2ccc(=O)[nH]c2=O)[C@H](O)[C@@H]1O. The number of aromatic nitrogens is 4. The molecule has 0 aliphatic carbocycles. The first kappa shape index (κ1) is 39.6. The standard InChI is InChI=1S/C18H25BN4O22P4/c19-46(32,43-47(33,34)39-5-7-11(26)13(28)15(41-7)22-3-1-9(24)20-17(22)30)44-49(37,38)45-48(35,36)40-6-8-12(27)14(29)16(42-8)23-4-2-10(25)21-18(23)31/h1-4,7-8,11-16,26-29H,5-6H2,(H,33,34)(H,35,36)(H,37,38)(H,20,24,30)(H,21,25,31)/q-1/p-3/t7-,8-,11-,12-,13-,14-,15-,16-,46?/m1/s1. The van der Waals surface area contributed by atoms with Gasteiger partial charge < -0.3 is 65.8 Å². The molecule has 2 saturated heterocycles. The van der Waals surface area contributed by atoms with Crippen molar-refractivity contribution in [2.75, 3.05) is 13.2 Å². The van der Waals surface area contributed by atoms with Crippen LogP contribution in [0, 0.1) is 0 Å². The Bertz CT molecular complexity index is 1830. The van der Waals surface area contributed by atoms with Crippen molar-refractivity contribution >= 4 is 38.5 Å². The number of H-pyrrole nitrogens is 2. The van der Waals surface area contributed by atoms with Crippen molar-refractivity contribution in [3.05, 3.63) is 66.2 Å². The molecule has 49 heavy (non-hydrogen) atoms. The van der Waals surface area contributed by atoms with Crippen LogP contribution in [0.1, 0.15) is 12.5 Å². The topological polar surface area (TPSA) is 393 Å². The lowest BCUT2D eigenvalue weighted by Gasteiger charge is -2.38. The van der Waals surface area contributed by atoms with E-state index in [9.17, 15) is 72.5 Å². The summed E-state index contributed by atoms with van der Waals surface area (Å²) >= 11 is 0. The summed E-state index contributed by atoms with van der Waals surface area (Å²) in [5, 5.41) is 40.6. The van der Waals surface area contributed by atoms with Gasteiger partial charge in [-0.05, 0) is 0 Å². The van der Waals surface area contributed by atoms with E-state index >= 15 is 0 Å². The lowest BCUT2D eigenvalue weighted by Crippen LogP contribution is -2.37. The zero-order valence-electron chi connectivity index (χ0n) is 23.7. The first-order valence-electron chi connectivity index (χ1n) is 12.9. The van der Waals surface area contributed by atoms with Crippen molar-refractivity contribution in [3.63, 3.8) is 0 Å². The molecule has 2 fully saturated rings. The fourth-order valence-corrected chi connectivity index (χ4v) is 9.28. The van der Waals surface area contributed by atoms with Crippen LogP contribution in [-0.4, -0.2) is 96.9 Å². The number of nitrogens with zero attached hydrogens (tertiary/aromatic N) is 2. The molecule has 31 heteroatoms. The maximum Gasteiger partial charge on any atom is 0.330 e. The zero-order chi connectivity index (χ0) is 36.7. The van der Waals surface area contributed by atoms with Gasteiger partial charge >= 0.3 is 11.4 Å². The Morgan fingerprint density at radius 3 is 1.43 bits per heavy atom. The highest BCUT2D eigenvalue weighted by Gasteiger charge is 2.46. The predicted octanol–water partition coefficient (Wildman–Crippen LogP) is -5.91. The molecule has 2 aromatic rings. The van der Waals surface area contributed by atoms with Gasteiger partial charge in [-0.3, -0.25) is 51.0 Å². The second-order valence-electron chi connectivity index (χ2n) is 9.85. The van der Waals surface area contributed by atoms with Gasteiger partial charge in [0.15, 0.2) is 12.5 Å². The second kappa shape index (κ2) is 14.8. The number of phosphoric ester groups is 2. The Kier molecular flexibility index (Phi) is 11.9. The van der Waals surface area contributed by atoms with Crippen LogP contribution in [-0.2, 0) is 49.7 Å². The fourth-order valence-electron chi connectivity index (χ4n) is 4.26. The monoisotopic (exact) mass is 781 g/mol. The normalized spacial score (nSPS) is 32.2. The molecule has 2 aliphatic rings. The van der Waals surface area contributed by atoms with E-state index in [0.29, 0.717) is 9.13 Å². The molecule has 0 spiro atoms. The summed E-state index contributed by atoms with van der Waals surface area (Å²) in [6.45, 7) is -2.53. The molecular weight excluding hydrogens is 759 g/mol. The molecule has 0 bridgehead atoms. The Balaban J connectivity index is 1.31. The maximum atomic E-state index is 12.3. The Morgan fingerprint density at radius 1 is 0.673 bits per heavy atom. The van der Waals surface area contributed by atoms with Crippen molar-refractivity contribution in [3.8, 4) is 0 Å². The van der Waals surface area contributed by atoms with E-state index in [0.717, 1.165) is 24.5 Å². The quantitative estimate of drug-likeness (QED) is 0.0767. The van der Waals surface area contributed by atoms with Gasteiger partial charge in [0, 0.05) is 24.5 Å². The van der Waals surface area contributed by atoms with Crippen LogP contribution >= 0.6 is 30.9 Å². The molecule has 26 nitrogen and oxygen atoms in total. The largest absolute Gasteiger partial charge is 0.756 e. The van der Waals surface area contributed by atoms with Crippen molar-refractivity contribution in [1.82, 2.24) is 19.1 Å². The highest BCUT2D eigenvalue weighted by Crippen LogP contribution is 2.68. The fraction of sp³-hybridized carbons (Fsp3) is 0.556. The van der Waals surface area contributed by atoms with Crippen LogP contribution in [0.2, 0.25) is 0 Å². The van der Waals surface area contributed by atoms with Gasteiger partial charge in [0.05, 0.1) is 20.7 Å². The molecule has 0 aromatic carbocycles. The predicted molar refractivity (Wildman–Crippen MR) is 146 cm³/mol. The maximum absolute atomic E-state index is 12.3. The third-order valence-electron chi connectivity index (χ3n) is 6.35. The van der Waals surface area contributed by atoms with E-state index in [1.165, 1.54) is 0 Å². The summed E-state index contributed by atoms with van der Waals surface area (Å²) in [5.74, 6) is 0. The molecular formula is C18H22BN4O22P4-4. The van der Waals surface area contributed by atoms with Gasteiger partial charge in [0.2, 0.25) is 0 Å². The van der Waals surface area contributed by atoms with Crippen molar-refractivity contribution in [2.24, 2.45) is 0 Å². The summed E-state index contributed by atoms with van der Waals surface area (Å²) in [4.78, 5) is 86.4. The average molecular weight is 781 g/mol. The summed E-state index contributed by atoms with van der Waals surface area (Å²) in [6, 6.07) is 1.72. The smallest absolute Gasteiger partial charge is 0.330 e. The Morgan fingerprint density at radius 2 is 1.04 bits per heavy atom. The minimum atomic E-state index is -6.46. The molecule has 3 radical (unpaired) electrons. The molecule has 4 rings (SSSR count). The number of aliphatic hydroxyl groups excluding tert-OH is 4. The second-order valence-corrected chi connectivity index (χ2v) is 16.1. The minimum Gasteiger partial charge on any atom is -0.756 e. The Labute approximate surface area is 271 Å². The number of hydrogen-bond acceptors (Lipinski definition) is 22. The van der Waals surface area contributed by atoms with Gasteiger partial charge in [0.25, 0.3) is 34.6 Å².